The van der Waals surface area contributed by atoms with Gasteiger partial charge in [-0.2, -0.15) is 5.10 Å². The highest BCUT2D eigenvalue weighted by atomic mass is 19.2. The molecule has 0 saturated carbocycles. The molecule has 5 nitrogen and oxygen atoms in total. The van der Waals surface area contributed by atoms with Gasteiger partial charge in [0, 0.05) is 5.56 Å². The van der Waals surface area contributed by atoms with Gasteiger partial charge in [-0.15, -0.1) is 5.10 Å². The highest BCUT2D eigenvalue weighted by Crippen LogP contribution is 2.08. The van der Waals surface area contributed by atoms with Crippen LogP contribution in [0.4, 0.5) is 8.78 Å². The molecular formula is C8H8F2N4O. The quantitative estimate of drug-likeness (QED) is 0.383. The Balaban J connectivity index is 2.86. The van der Waals surface area contributed by atoms with Gasteiger partial charge >= 0.3 is 0 Å². The van der Waals surface area contributed by atoms with Gasteiger partial charge in [0.05, 0.1) is 6.21 Å². The molecule has 0 aliphatic heterocycles. The molecule has 7 heteroatoms. The van der Waals surface area contributed by atoms with Crippen LogP contribution in [0.25, 0.3) is 0 Å². The number of guanidine groups is 1. The molecule has 1 aromatic carbocycles. The molecule has 80 valence electrons. The average molecular weight is 214 g/mol. The smallest absolute Gasteiger partial charge is 0.237 e. The van der Waals surface area contributed by atoms with Crippen LogP contribution >= 0.6 is 0 Å². The number of hydrogen-bond acceptors (Lipinski definition) is 3. The summed E-state index contributed by atoms with van der Waals surface area (Å²) in [7, 11) is 0. The van der Waals surface area contributed by atoms with Crippen LogP contribution in [0.1, 0.15) is 5.56 Å². The molecule has 0 atom stereocenters. The fraction of sp³-hybridized carbons (Fsp3) is 0. The zero-order valence-corrected chi connectivity index (χ0v) is 7.48. The first-order valence-corrected chi connectivity index (χ1v) is 3.85. The number of benzene rings is 1. The molecule has 15 heavy (non-hydrogen) atoms. The number of rotatable bonds is 2. The Morgan fingerprint density at radius 1 is 1.47 bits per heavy atom. The van der Waals surface area contributed by atoms with Crippen molar-refractivity contribution < 1.29 is 14.0 Å². The van der Waals surface area contributed by atoms with Crippen LogP contribution in [0.5, 0.6) is 0 Å². The van der Waals surface area contributed by atoms with Gasteiger partial charge in [0.1, 0.15) is 0 Å². The number of halogens is 2. The van der Waals surface area contributed by atoms with E-state index in [4.69, 9.17) is 10.9 Å². The maximum atomic E-state index is 13.0. The molecule has 1 rings (SSSR count). The van der Waals surface area contributed by atoms with Gasteiger partial charge in [0.25, 0.3) is 0 Å². The van der Waals surface area contributed by atoms with Crippen LogP contribution in [0.3, 0.4) is 0 Å². The lowest BCUT2D eigenvalue weighted by atomic mass is 10.2. The van der Waals surface area contributed by atoms with Crippen LogP contribution in [0, 0.1) is 11.6 Å². The van der Waals surface area contributed by atoms with Gasteiger partial charge < -0.3 is 5.73 Å². The number of nitrogens with two attached hydrogens (primary N) is 1. The predicted octanol–water partition coefficient (Wildman–Crippen LogP) is 0.592. The topological polar surface area (TPSA) is 83.0 Å². The molecule has 0 aliphatic carbocycles. The maximum absolute atomic E-state index is 13.0. The summed E-state index contributed by atoms with van der Waals surface area (Å²) in [6.45, 7) is 0. The van der Waals surface area contributed by atoms with E-state index in [9.17, 15) is 8.78 Å². The summed E-state index contributed by atoms with van der Waals surface area (Å²) in [5, 5.41) is 14.8. The van der Waals surface area contributed by atoms with Crippen LogP contribution in [0.15, 0.2) is 28.4 Å². The minimum Gasteiger partial charge on any atom is -0.367 e. The van der Waals surface area contributed by atoms with Crippen molar-refractivity contribution >= 4 is 12.2 Å². The van der Waals surface area contributed by atoms with Crippen molar-refractivity contribution in [1.29, 1.82) is 0 Å². The zero-order chi connectivity index (χ0) is 11.3. The second kappa shape index (κ2) is 5.01. The van der Waals surface area contributed by atoms with E-state index in [1.807, 2.05) is 0 Å². The van der Waals surface area contributed by atoms with Gasteiger partial charge in [-0.1, -0.05) is 12.1 Å². The minimum atomic E-state index is -1.02. The summed E-state index contributed by atoms with van der Waals surface area (Å²) < 4.78 is 25.7. The Morgan fingerprint density at radius 2 is 2.20 bits per heavy atom. The predicted molar refractivity (Wildman–Crippen MR) is 50.5 cm³/mol. The Morgan fingerprint density at radius 3 is 2.87 bits per heavy atom. The Bertz CT molecular complexity index is 406. The zero-order valence-electron chi connectivity index (χ0n) is 7.48. The molecule has 0 heterocycles. The first-order chi connectivity index (χ1) is 7.15. The molecule has 0 bridgehead atoms. The fourth-order valence-corrected chi connectivity index (χ4v) is 0.796. The van der Waals surface area contributed by atoms with E-state index in [1.165, 1.54) is 17.6 Å². The van der Waals surface area contributed by atoms with Crippen molar-refractivity contribution in [1.82, 2.24) is 5.48 Å². The molecule has 0 radical (unpaired) electrons. The normalized spacial score (nSPS) is 12.1. The maximum Gasteiger partial charge on any atom is 0.237 e. The summed E-state index contributed by atoms with van der Waals surface area (Å²) in [6.07, 6.45) is 0.975. The van der Waals surface area contributed by atoms with E-state index >= 15 is 0 Å². The summed E-state index contributed by atoms with van der Waals surface area (Å²) >= 11 is 0. The first kappa shape index (κ1) is 11.1. The van der Waals surface area contributed by atoms with Crippen LogP contribution in [0.2, 0.25) is 0 Å². The first-order valence-electron chi connectivity index (χ1n) is 3.85. The number of hydroxylamine groups is 1. The van der Waals surface area contributed by atoms with Crippen molar-refractivity contribution in [2.24, 2.45) is 15.9 Å². The van der Waals surface area contributed by atoms with Crippen molar-refractivity contribution in [2.75, 3.05) is 0 Å². The van der Waals surface area contributed by atoms with Crippen molar-refractivity contribution in [2.45, 2.75) is 0 Å². The molecule has 4 N–H and O–H groups in total. The molecule has 0 aliphatic rings. The lowest BCUT2D eigenvalue weighted by Gasteiger charge is -1.95. The summed E-state index contributed by atoms with van der Waals surface area (Å²) in [5.74, 6) is -2.36. The standard InChI is InChI=1S/C8H8F2N4O/c9-6-3-1-2-5(7(6)10)4-12-13-8(11)14-15/h1-4,15H,(H3,11,13,14). The molecule has 0 aromatic heterocycles. The average Bonchev–Trinajstić information content (AvgIpc) is 2.24. The minimum absolute atomic E-state index is 0.0653. The van der Waals surface area contributed by atoms with Crippen molar-refractivity contribution in [3.8, 4) is 0 Å². The molecule has 0 unspecified atom stereocenters. The van der Waals surface area contributed by atoms with Crippen molar-refractivity contribution in [3.05, 3.63) is 35.4 Å². The number of nitrogens with zero attached hydrogens (tertiary/aromatic N) is 2. The largest absolute Gasteiger partial charge is 0.367 e. The highest BCUT2D eigenvalue weighted by Gasteiger charge is 2.04. The van der Waals surface area contributed by atoms with Crippen LogP contribution < -0.4 is 11.2 Å². The highest BCUT2D eigenvalue weighted by molar-refractivity contribution is 5.81. The number of hydrogen-bond donors (Lipinski definition) is 3. The summed E-state index contributed by atoms with van der Waals surface area (Å²) in [4.78, 5) is 0. The SMILES string of the molecule is N/C(=N/N=Cc1cccc(F)c1F)NO. The molecule has 0 saturated heterocycles. The molecule has 0 fully saturated rings. The van der Waals surface area contributed by atoms with E-state index in [0.717, 1.165) is 12.3 Å². The van der Waals surface area contributed by atoms with Gasteiger partial charge in [0.2, 0.25) is 5.96 Å². The molecule has 0 amide bonds. The van der Waals surface area contributed by atoms with E-state index in [0.29, 0.717) is 0 Å². The summed E-state index contributed by atoms with van der Waals surface area (Å²) in [5.41, 5.74) is 6.47. The molecular weight excluding hydrogens is 206 g/mol. The Kier molecular flexibility index (Phi) is 3.69. The van der Waals surface area contributed by atoms with Crippen molar-refractivity contribution in [3.63, 3.8) is 0 Å². The Labute approximate surface area is 83.9 Å². The van der Waals surface area contributed by atoms with E-state index in [-0.39, 0.29) is 11.5 Å². The third-order valence-electron chi connectivity index (χ3n) is 1.46. The summed E-state index contributed by atoms with van der Waals surface area (Å²) in [6, 6.07) is 3.64. The molecule has 0 spiro atoms. The lowest BCUT2D eigenvalue weighted by molar-refractivity contribution is 0.232. The van der Waals surface area contributed by atoms with Gasteiger partial charge in [0.15, 0.2) is 11.6 Å². The van der Waals surface area contributed by atoms with Gasteiger partial charge in [-0.3, -0.25) is 5.21 Å². The van der Waals surface area contributed by atoms with E-state index in [2.05, 4.69) is 10.2 Å². The lowest BCUT2D eigenvalue weighted by Crippen LogP contribution is -2.27. The van der Waals surface area contributed by atoms with Crippen LogP contribution in [-0.4, -0.2) is 17.4 Å². The van der Waals surface area contributed by atoms with E-state index < -0.39 is 11.6 Å². The fourth-order valence-electron chi connectivity index (χ4n) is 0.796. The number of nitrogens with one attached hydrogen (secondary N) is 1. The van der Waals surface area contributed by atoms with Gasteiger partial charge in [-0.25, -0.2) is 14.3 Å². The van der Waals surface area contributed by atoms with Crippen LogP contribution in [-0.2, 0) is 0 Å². The van der Waals surface area contributed by atoms with E-state index in [1.54, 1.807) is 0 Å². The molecule has 1 aromatic rings. The second-order valence-electron chi connectivity index (χ2n) is 2.48. The monoisotopic (exact) mass is 214 g/mol. The second-order valence-corrected chi connectivity index (χ2v) is 2.48. The third-order valence-corrected chi connectivity index (χ3v) is 1.46. The third kappa shape index (κ3) is 2.99. The van der Waals surface area contributed by atoms with Gasteiger partial charge in [-0.05, 0) is 6.07 Å². The Hall–Kier alpha value is -2.02.